The molecule has 2 aromatic heterocycles. The summed E-state index contributed by atoms with van der Waals surface area (Å²) in [7, 11) is 0. The average Bonchev–Trinajstić information content (AvgIpc) is 3.34. The molecule has 28 heavy (non-hydrogen) atoms. The number of nitrogens with one attached hydrogen (secondary N) is 1. The molecule has 4 aromatic rings. The fraction of sp³-hybridized carbons (Fsp3) is 0.100. The number of benzene rings is 2. The highest BCUT2D eigenvalue weighted by atomic mass is 32.1. The summed E-state index contributed by atoms with van der Waals surface area (Å²) in [5.41, 5.74) is 2.28. The van der Waals surface area contributed by atoms with Gasteiger partial charge < -0.3 is 0 Å². The summed E-state index contributed by atoms with van der Waals surface area (Å²) in [6.07, 6.45) is 3.94. The van der Waals surface area contributed by atoms with Gasteiger partial charge in [0.1, 0.15) is 5.82 Å². The Morgan fingerprint density at radius 1 is 1.07 bits per heavy atom. The normalized spacial score (nSPS) is 10.8. The summed E-state index contributed by atoms with van der Waals surface area (Å²) >= 11 is 1.37. The fourth-order valence-corrected chi connectivity index (χ4v) is 3.50. The number of halogens is 1. The van der Waals surface area contributed by atoms with Crippen LogP contribution in [-0.4, -0.2) is 25.9 Å². The third-order valence-electron chi connectivity index (χ3n) is 4.02. The van der Waals surface area contributed by atoms with Crippen molar-refractivity contribution < 1.29 is 9.18 Å². The maximum absolute atomic E-state index is 13.0. The van der Waals surface area contributed by atoms with Crippen LogP contribution in [0.4, 0.5) is 9.52 Å². The SMILES string of the molecule is O=C(Nc1ncc(Cc2ccc(F)cc2)s1)c1cn(Cc2ccccc2)nn1. The van der Waals surface area contributed by atoms with Crippen molar-refractivity contribution in [1.82, 2.24) is 20.0 Å². The smallest absolute Gasteiger partial charge is 0.279 e. The molecule has 0 atom stereocenters. The number of hydrogen-bond acceptors (Lipinski definition) is 5. The molecular formula is C20H16FN5OS. The van der Waals surface area contributed by atoms with Gasteiger partial charge in [0.05, 0.1) is 12.7 Å². The minimum absolute atomic E-state index is 0.228. The number of thiazole rings is 1. The zero-order valence-corrected chi connectivity index (χ0v) is 15.6. The summed E-state index contributed by atoms with van der Waals surface area (Å²) in [5.74, 6) is -0.622. The van der Waals surface area contributed by atoms with Crippen LogP contribution >= 0.6 is 11.3 Å². The molecule has 2 heterocycles. The maximum Gasteiger partial charge on any atom is 0.279 e. The molecule has 4 rings (SSSR count). The van der Waals surface area contributed by atoms with E-state index in [-0.39, 0.29) is 17.4 Å². The van der Waals surface area contributed by atoms with Crippen molar-refractivity contribution in [2.24, 2.45) is 0 Å². The predicted molar refractivity (Wildman–Crippen MR) is 105 cm³/mol. The molecule has 0 aliphatic heterocycles. The zero-order chi connectivity index (χ0) is 19.3. The van der Waals surface area contributed by atoms with Crippen LogP contribution in [-0.2, 0) is 13.0 Å². The second-order valence-corrected chi connectivity index (χ2v) is 7.29. The third kappa shape index (κ3) is 4.47. The van der Waals surface area contributed by atoms with Crippen molar-refractivity contribution in [3.8, 4) is 0 Å². The van der Waals surface area contributed by atoms with E-state index in [1.165, 1.54) is 23.5 Å². The van der Waals surface area contributed by atoms with Crippen molar-refractivity contribution in [2.45, 2.75) is 13.0 Å². The maximum atomic E-state index is 13.0. The van der Waals surface area contributed by atoms with Gasteiger partial charge in [-0.15, -0.1) is 16.4 Å². The quantitative estimate of drug-likeness (QED) is 0.541. The molecule has 2 aromatic carbocycles. The Morgan fingerprint density at radius 2 is 1.86 bits per heavy atom. The Hall–Kier alpha value is -3.39. The van der Waals surface area contributed by atoms with E-state index in [4.69, 9.17) is 0 Å². The summed E-state index contributed by atoms with van der Waals surface area (Å²) in [6, 6.07) is 16.1. The number of carbonyl (C=O) groups is 1. The monoisotopic (exact) mass is 393 g/mol. The largest absolute Gasteiger partial charge is 0.296 e. The average molecular weight is 393 g/mol. The van der Waals surface area contributed by atoms with Gasteiger partial charge in [0.15, 0.2) is 10.8 Å². The second-order valence-electron chi connectivity index (χ2n) is 6.18. The third-order valence-corrected chi connectivity index (χ3v) is 4.94. The van der Waals surface area contributed by atoms with Crippen LogP contribution in [0.5, 0.6) is 0 Å². The Bertz CT molecular complexity index is 1080. The lowest BCUT2D eigenvalue weighted by Gasteiger charge is -1.99. The van der Waals surface area contributed by atoms with Crippen molar-refractivity contribution >= 4 is 22.4 Å². The van der Waals surface area contributed by atoms with Gasteiger partial charge in [0, 0.05) is 17.5 Å². The van der Waals surface area contributed by atoms with Gasteiger partial charge in [-0.05, 0) is 23.3 Å². The first kappa shape index (κ1) is 18.0. The lowest BCUT2D eigenvalue weighted by Crippen LogP contribution is -2.12. The first-order chi connectivity index (χ1) is 13.7. The van der Waals surface area contributed by atoms with Gasteiger partial charge in [-0.2, -0.15) is 0 Å². The van der Waals surface area contributed by atoms with E-state index in [0.717, 1.165) is 16.0 Å². The molecule has 0 spiro atoms. The Labute approximate surface area is 164 Å². The standard InChI is InChI=1S/C20H16FN5OS/c21-16-8-6-14(7-9-16)10-17-11-22-20(28-17)23-19(27)18-13-26(25-24-18)12-15-4-2-1-3-5-15/h1-9,11,13H,10,12H2,(H,22,23,27). The number of carbonyl (C=O) groups excluding carboxylic acids is 1. The molecule has 8 heteroatoms. The van der Waals surface area contributed by atoms with E-state index in [0.29, 0.717) is 18.1 Å². The molecule has 0 unspecified atom stereocenters. The van der Waals surface area contributed by atoms with Crippen molar-refractivity contribution in [3.63, 3.8) is 0 Å². The molecule has 0 aliphatic rings. The van der Waals surface area contributed by atoms with Crippen LogP contribution in [0, 0.1) is 5.82 Å². The van der Waals surface area contributed by atoms with Crippen LogP contribution in [0.3, 0.4) is 0 Å². The van der Waals surface area contributed by atoms with Gasteiger partial charge in [-0.25, -0.2) is 14.1 Å². The summed E-state index contributed by atoms with van der Waals surface area (Å²) in [6.45, 7) is 0.542. The number of nitrogens with zero attached hydrogens (tertiary/aromatic N) is 4. The van der Waals surface area contributed by atoms with E-state index in [2.05, 4.69) is 20.6 Å². The van der Waals surface area contributed by atoms with Gasteiger partial charge in [-0.1, -0.05) is 47.7 Å². The first-order valence-corrected chi connectivity index (χ1v) is 9.42. The van der Waals surface area contributed by atoms with Crippen molar-refractivity contribution in [1.29, 1.82) is 0 Å². The van der Waals surface area contributed by atoms with Crippen LogP contribution in [0.25, 0.3) is 0 Å². The molecule has 0 saturated carbocycles. The van der Waals surface area contributed by atoms with Crippen molar-refractivity contribution in [2.75, 3.05) is 5.32 Å². The van der Waals surface area contributed by atoms with E-state index < -0.39 is 0 Å². The number of rotatable bonds is 6. The Morgan fingerprint density at radius 3 is 2.64 bits per heavy atom. The van der Waals surface area contributed by atoms with Crippen LogP contribution in [0.15, 0.2) is 67.0 Å². The first-order valence-electron chi connectivity index (χ1n) is 8.60. The molecule has 0 fully saturated rings. The summed E-state index contributed by atoms with van der Waals surface area (Å²) in [5, 5.41) is 11.2. The molecule has 0 saturated heterocycles. The van der Waals surface area contributed by atoms with E-state index in [9.17, 15) is 9.18 Å². The highest BCUT2D eigenvalue weighted by Gasteiger charge is 2.13. The molecule has 0 aliphatic carbocycles. The molecule has 6 nitrogen and oxygen atoms in total. The zero-order valence-electron chi connectivity index (χ0n) is 14.7. The molecule has 1 amide bonds. The van der Waals surface area contributed by atoms with Gasteiger partial charge in [0.25, 0.3) is 5.91 Å². The van der Waals surface area contributed by atoms with E-state index in [1.54, 1.807) is 29.2 Å². The van der Waals surface area contributed by atoms with Crippen LogP contribution in [0.1, 0.15) is 26.5 Å². The summed E-state index contributed by atoms with van der Waals surface area (Å²) in [4.78, 5) is 17.6. The molecule has 140 valence electrons. The highest BCUT2D eigenvalue weighted by Crippen LogP contribution is 2.21. The van der Waals surface area contributed by atoms with Gasteiger partial charge >= 0.3 is 0 Å². The Kier molecular flexibility index (Phi) is 5.20. The van der Waals surface area contributed by atoms with Crippen molar-refractivity contribution in [3.05, 3.63) is 94.5 Å². The highest BCUT2D eigenvalue weighted by molar-refractivity contribution is 7.15. The second kappa shape index (κ2) is 8.10. The van der Waals surface area contributed by atoms with E-state index in [1.807, 2.05) is 30.3 Å². The minimum atomic E-state index is -0.359. The Balaban J connectivity index is 1.37. The number of amides is 1. The van der Waals surface area contributed by atoms with E-state index >= 15 is 0 Å². The molecule has 0 bridgehead atoms. The molecule has 1 N–H and O–H groups in total. The van der Waals surface area contributed by atoms with Crippen LogP contribution in [0.2, 0.25) is 0 Å². The lowest BCUT2D eigenvalue weighted by molar-refractivity contribution is 0.102. The summed E-state index contributed by atoms with van der Waals surface area (Å²) < 4.78 is 14.6. The van der Waals surface area contributed by atoms with Gasteiger partial charge in [-0.3, -0.25) is 10.1 Å². The van der Waals surface area contributed by atoms with Gasteiger partial charge in [0.2, 0.25) is 0 Å². The van der Waals surface area contributed by atoms with Crippen LogP contribution < -0.4 is 5.32 Å². The number of aromatic nitrogens is 4. The topological polar surface area (TPSA) is 72.7 Å². The fourth-order valence-electron chi connectivity index (χ4n) is 2.66. The minimum Gasteiger partial charge on any atom is -0.296 e. The molecular weight excluding hydrogens is 377 g/mol. The predicted octanol–water partition coefficient (Wildman–Crippen LogP) is 3.77. The molecule has 0 radical (unpaired) electrons. The number of anilines is 1. The lowest BCUT2D eigenvalue weighted by atomic mass is 10.1. The number of hydrogen-bond donors (Lipinski definition) is 1.